The first-order valence-corrected chi connectivity index (χ1v) is 8.47. The molecule has 6 nitrogen and oxygen atoms in total. The zero-order chi connectivity index (χ0) is 16.3. The van der Waals surface area contributed by atoms with Crippen molar-refractivity contribution in [3.8, 4) is 0 Å². The Balaban J connectivity index is 0.00000208. The van der Waals surface area contributed by atoms with E-state index in [0.29, 0.717) is 44.3 Å². The third kappa shape index (κ3) is 3.70. The van der Waals surface area contributed by atoms with E-state index in [1.807, 2.05) is 18.2 Å². The molecular weight excluding hydrogens is 350 g/mol. The van der Waals surface area contributed by atoms with Gasteiger partial charge in [0.25, 0.3) is 0 Å². The molecule has 1 aromatic heterocycles. The number of para-hydroxylation sites is 1. The molecule has 3 rings (SSSR count). The van der Waals surface area contributed by atoms with Gasteiger partial charge in [-0.15, -0.1) is 12.4 Å². The number of nitrogens with two attached hydrogens (primary N) is 1. The average Bonchev–Trinajstić information content (AvgIpc) is 2.99. The van der Waals surface area contributed by atoms with Gasteiger partial charge in [0.05, 0.1) is 22.2 Å². The van der Waals surface area contributed by atoms with Crippen molar-refractivity contribution in [3.05, 3.63) is 23.8 Å². The van der Waals surface area contributed by atoms with Gasteiger partial charge in [-0.2, -0.15) is 0 Å². The minimum atomic E-state index is -0.550. The topological polar surface area (TPSA) is 86.5 Å². The van der Waals surface area contributed by atoms with Crippen molar-refractivity contribution in [3.63, 3.8) is 0 Å². The first kappa shape index (κ1) is 19.1. The fraction of sp³-hybridized carbons (Fsp3) is 0.500. The highest BCUT2D eigenvalue weighted by Gasteiger charge is 2.39. The van der Waals surface area contributed by atoms with Crippen LogP contribution in [0.25, 0.3) is 10.2 Å². The Labute approximate surface area is 151 Å². The number of anilines is 1. The number of hydrogen-bond donors (Lipinski definition) is 2. The SMILES string of the molecule is COCc1cccc2sc(NC(=O)C3(CN)CCOCC3)nc12.Cl. The van der Waals surface area contributed by atoms with Gasteiger partial charge in [0.2, 0.25) is 5.91 Å². The number of halogens is 1. The molecule has 1 saturated heterocycles. The molecule has 0 aliphatic carbocycles. The molecule has 1 amide bonds. The molecule has 2 aromatic rings. The Morgan fingerprint density at radius 3 is 2.88 bits per heavy atom. The molecule has 0 unspecified atom stereocenters. The van der Waals surface area contributed by atoms with Gasteiger partial charge in [-0.1, -0.05) is 23.5 Å². The smallest absolute Gasteiger partial charge is 0.233 e. The summed E-state index contributed by atoms with van der Waals surface area (Å²) in [5, 5.41) is 3.56. The Hall–Kier alpha value is -1.25. The molecule has 1 aliphatic rings. The van der Waals surface area contributed by atoms with E-state index in [2.05, 4.69) is 10.3 Å². The van der Waals surface area contributed by atoms with Crippen molar-refractivity contribution in [2.45, 2.75) is 19.4 Å². The molecule has 132 valence electrons. The van der Waals surface area contributed by atoms with Crippen LogP contribution in [0.4, 0.5) is 5.13 Å². The lowest BCUT2D eigenvalue weighted by atomic mass is 9.79. The zero-order valence-electron chi connectivity index (χ0n) is 13.5. The second-order valence-corrected chi connectivity index (χ2v) is 6.80. The van der Waals surface area contributed by atoms with Crippen LogP contribution in [-0.2, 0) is 20.9 Å². The number of benzene rings is 1. The quantitative estimate of drug-likeness (QED) is 0.843. The Kier molecular flexibility index (Phi) is 6.54. The predicted molar refractivity (Wildman–Crippen MR) is 97.8 cm³/mol. The van der Waals surface area contributed by atoms with E-state index in [1.165, 1.54) is 11.3 Å². The van der Waals surface area contributed by atoms with Gasteiger partial charge in [-0.05, 0) is 18.9 Å². The van der Waals surface area contributed by atoms with Crippen LogP contribution in [0.3, 0.4) is 0 Å². The molecule has 24 heavy (non-hydrogen) atoms. The molecule has 0 saturated carbocycles. The maximum Gasteiger partial charge on any atom is 0.233 e. The van der Waals surface area contributed by atoms with E-state index in [-0.39, 0.29) is 18.3 Å². The number of aromatic nitrogens is 1. The largest absolute Gasteiger partial charge is 0.381 e. The van der Waals surface area contributed by atoms with Gasteiger partial charge in [0.1, 0.15) is 0 Å². The fourth-order valence-electron chi connectivity index (χ4n) is 2.85. The van der Waals surface area contributed by atoms with E-state index in [4.69, 9.17) is 15.2 Å². The summed E-state index contributed by atoms with van der Waals surface area (Å²) in [5.74, 6) is -0.0596. The number of ether oxygens (including phenoxy) is 2. The van der Waals surface area contributed by atoms with Gasteiger partial charge in [-0.25, -0.2) is 4.98 Å². The van der Waals surface area contributed by atoms with Crippen LogP contribution in [0, 0.1) is 5.41 Å². The van der Waals surface area contributed by atoms with Crippen molar-refractivity contribution in [2.24, 2.45) is 11.1 Å². The third-order valence-electron chi connectivity index (χ3n) is 4.35. The number of methoxy groups -OCH3 is 1. The normalized spacial score (nSPS) is 16.6. The van der Waals surface area contributed by atoms with Crippen molar-refractivity contribution in [1.29, 1.82) is 0 Å². The van der Waals surface area contributed by atoms with Crippen LogP contribution in [0.1, 0.15) is 18.4 Å². The highest BCUT2D eigenvalue weighted by Crippen LogP contribution is 2.33. The summed E-state index contributed by atoms with van der Waals surface area (Å²) in [6.07, 6.45) is 1.30. The highest BCUT2D eigenvalue weighted by molar-refractivity contribution is 7.22. The van der Waals surface area contributed by atoms with Crippen molar-refractivity contribution in [2.75, 3.05) is 32.2 Å². The number of nitrogens with one attached hydrogen (secondary N) is 1. The maximum absolute atomic E-state index is 12.7. The predicted octanol–water partition coefficient (Wildman–Crippen LogP) is 2.56. The van der Waals surface area contributed by atoms with Gasteiger partial charge < -0.3 is 20.5 Å². The molecule has 0 bridgehead atoms. The number of rotatable bonds is 5. The van der Waals surface area contributed by atoms with Gasteiger partial charge in [-0.3, -0.25) is 4.79 Å². The van der Waals surface area contributed by atoms with Crippen LogP contribution in [0.15, 0.2) is 18.2 Å². The summed E-state index contributed by atoms with van der Waals surface area (Å²) in [5.41, 5.74) is 7.22. The molecule has 2 heterocycles. The van der Waals surface area contributed by atoms with Gasteiger partial charge in [0, 0.05) is 32.4 Å². The molecule has 0 spiro atoms. The maximum atomic E-state index is 12.7. The second kappa shape index (κ2) is 8.22. The molecule has 1 fully saturated rings. The summed E-state index contributed by atoms with van der Waals surface area (Å²) in [6, 6.07) is 5.95. The number of thiazole rings is 1. The molecule has 0 radical (unpaired) electrons. The fourth-order valence-corrected chi connectivity index (χ4v) is 3.76. The number of hydrogen-bond acceptors (Lipinski definition) is 6. The van der Waals surface area contributed by atoms with Crippen LogP contribution < -0.4 is 11.1 Å². The van der Waals surface area contributed by atoms with E-state index in [0.717, 1.165) is 15.8 Å². The lowest BCUT2D eigenvalue weighted by Crippen LogP contribution is -2.46. The van der Waals surface area contributed by atoms with Crippen LogP contribution >= 0.6 is 23.7 Å². The van der Waals surface area contributed by atoms with Crippen molar-refractivity contribution >= 4 is 45.0 Å². The average molecular weight is 372 g/mol. The molecule has 0 atom stereocenters. The number of nitrogens with zero attached hydrogens (tertiary/aromatic N) is 1. The third-order valence-corrected chi connectivity index (χ3v) is 5.28. The zero-order valence-corrected chi connectivity index (χ0v) is 15.2. The lowest BCUT2D eigenvalue weighted by Gasteiger charge is -2.34. The highest BCUT2D eigenvalue weighted by atomic mass is 35.5. The minimum Gasteiger partial charge on any atom is -0.381 e. The van der Waals surface area contributed by atoms with Gasteiger partial charge in [0.15, 0.2) is 5.13 Å². The van der Waals surface area contributed by atoms with E-state index in [1.54, 1.807) is 7.11 Å². The lowest BCUT2D eigenvalue weighted by molar-refractivity contribution is -0.130. The first-order chi connectivity index (χ1) is 11.2. The standard InChI is InChI=1S/C16H21N3O3S.ClH/c1-21-9-11-3-2-4-12-13(11)18-15(23-12)19-14(20)16(10-17)5-7-22-8-6-16;/h2-4H,5-10,17H2,1H3,(H,18,19,20);1H. The van der Waals surface area contributed by atoms with Gasteiger partial charge >= 0.3 is 0 Å². The molecule has 1 aromatic carbocycles. The monoisotopic (exact) mass is 371 g/mol. The first-order valence-electron chi connectivity index (χ1n) is 7.65. The molecular formula is C16H22ClN3O3S. The minimum absolute atomic E-state index is 0. The van der Waals surface area contributed by atoms with E-state index in [9.17, 15) is 4.79 Å². The number of carbonyl (C=O) groups excluding carboxylic acids is 1. The van der Waals surface area contributed by atoms with Crippen molar-refractivity contribution in [1.82, 2.24) is 4.98 Å². The summed E-state index contributed by atoms with van der Waals surface area (Å²) in [4.78, 5) is 17.3. The summed E-state index contributed by atoms with van der Waals surface area (Å²) >= 11 is 1.47. The Morgan fingerprint density at radius 1 is 1.46 bits per heavy atom. The Morgan fingerprint density at radius 2 is 2.21 bits per heavy atom. The van der Waals surface area contributed by atoms with E-state index < -0.39 is 5.41 Å². The number of amides is 1. The molecule has 3 N–H and O–H groups in total. The Bertz CT molecular complexity index is 701. The number of carbonyl (C=O) groups is 1. The molecule has 8 heteroatoms. The van der Waals surface area contributed by atoms with Crippen LogP contribution in [-0.4, -0.2) is 37.8 Å². The second-order valence-electron chi connectivity index (χ2n) is 5.77. The number of fused-ring (bicyclic) bond motifs is 1. The van der Waals surface area contributed by atoms with E-state index >= 15 is 0 Å². The summed E-state index contributed by atoms with van der Waals surface area (Å²) < 4.78 is 11.6. The van der Waals surface area contributed by atoms with Crippen LogP contribution in [0.2, 0.25) is 0 Å². The summed E-state index contributed by atoms with van der Waals surface area (Å²) in [6.45, 7) is 1.96. The van der Waals surface area contributed by atoms with Crippen molar-refractivity contribution < 1.29 is 14.3 Å². The molecule has 1 aliphatic heterocycles. The summed E-state index contributed by atoms with van der Waals surface area (Å²) in [7, 11) is 1.66. The van der Waals surface area contributed by atoms with Crippen LogP contribution in [0.5, 0.6) is 0 Å².